The highest BCUT2D eigenvalue weighted by Crippen LogP contribution is 2.33. The van der Waals surface area contributed by atoms with E-state index in [0.717, 1.165) is 6.07 Å². The minimum atomic E-state index is -4.67. The Labute approximate surface area is 97.0 Å². The number of nitrogens with two attached hydrogens (primary N) is 1. The van der Waals surface area contributed by atoms with Gasteiger partial charge in [0.25, 0.3) is 0 Å². The van der Waals surface area contributed by atoms with Crippen LogP contribution in [-0.4, -0.2) is 0 Å². The Morgan fingerprint density at radius 3 is 2.31 bits per heavy atom. The monoisotopic (exact) mass is 257 g/mol. The van der Waals surface area contributed by atoms with E-state index in [1.807, 2.05) is 0 Å². The molecule has 2 N–H and O–H groups in total. The van der Waals surface area contributed by atoms with Crippen molar-refractivity contribution in [2.45, 2.75) is 25.6 Å². The van der Waals surface area contributed by atoms with Gasteiger partial charge in [-0.15, -0.1) is 12.4 Å². The average Bonchev–Trinajstić information content (AvgIpc) is 2.15. The molecule has 0 bridgehead atoms. The third kappa shape index (κ3) is 3.09. The van der Waals surface area contributed by atoms with Gasteiger partial charge in [0.05, 0.1) is 5.56 Å². The summed E-state index contributed by atoms with van der Waals surface area (Å²) >= 11 is 0. The molecule has 6 heteroatoms. The van der Waals surface area contributed by atoms with E-state index in [0.29, 0.717) is 12.5 Å². The molecule has 0 unspecified atom stereocenters. The molecule has 1 nitrogen and oxygen atoms in total. The first-order valence-electron chi connectivity index (χ1n) is 4.49. The van der Waals surface area contributed by atoms with Gasteiger partial charge in [0.15, 0.2) is 0 Å². The summed E-state index contributed by atoms with van der Waals surface area (Å²) in [4.78, 5) is 0. The Hall–Kier alpha value is -0.810. The zero-order valence-electron chi connectivity index (χ0n) is 8.51. The molecule has 0 aliphatic heterocycles. The molecule has 0 spiro atoms. The first-order chi connectivity index (χ1) is 6.88. The molecule has 0 saturated carbocycles. The second-order valence-corrected chi connectivity index (χ2v) is 3.22. The van der Waals surface area contributed by atoms with E-state index in [1.54, 1.807) is 6.92 Å². The van der Waals surface area contributed by atoms with Crippen molar-refractivity contribution in [3.05, 3.63) is 35.1 Å². The summed E-state index contributed by atoms with van der Waals surface area (Å²) in [7, 11) is 0. The molecule has 0 aromatic heterocycles. The highest BCUT2D eigenvalue weighted by Gasteiger charge is 2.35. The van der Waals surface area contributed by atoms with Crippen molar-refractivity contribution in [3.8, 4) is 0 Å². The van der Waals surface area contributed by atoms with Crippen LogP contribution >= 0.6 is 12.4 Å². The van der Waals surface area contributed by atoms with Gasteiger partial charge in [-0.1, -0.05) is 19.1 Å². The zero-order valence-corrected chi connectivity index (χ0v) is 9.33. The predicted octanol–water partition coefficient (Wildman–Crippen LogP) is 3.68. The molecule has 1 atom stereocenters. The van der Waals surface area contributed by atoms with E-state index >= 15 is 0 Å². The van der Waals surface area contributed by atoms with Gasteiger partial charge < -0.3 is 5.73 Å². The first-order valence-corrected chi connectivity index (χ1v) is 4.49. The third-order valence-electron chi connectivity index (χ3n) is 2.17. The lowest BCUT2D eigenvalue weighted by Gasteiger charge is -2.14. The number of hydrogen-bond donors (Lipinski definition) is 1. The Morgan fingerprint density at radius 1 is 1.31 bits per heavy atom. The first kappa shape index (κ1) is 15.2. The number of rotatable bonds is 2. The second kappa shape index (κ2) is 5.50. The van der Waals surface area contributed by atoms with E-state index < -0.39 is 23.6 Å². The predicted molar refractivity (Wildman–Crippen MR) is 55.9 cm³/mol. The smallest absolute Gasteiger partial charge is 0.324 e. The molecule has 1 rings (SSSR count). The third-order valence-corrected chi connectivity index (χ3v) is 2.17. The van der Waals surface area contributed by atoms with Crippen molar-refractivity contribution in [2.75, 3.05) is 0 Å². The van der Waals surface area contributed by atoms with Gasteiger partial charge in [-0.3, -0.25) is 0 Å². The van der Waals surface area contributed by atoms with Crippen LogP contribution in [0.1, 0.15) is 30.5 Å². The largest absolute Gasteiger partial charge is 0.419 e. The van der Waals surface area contributed by atoms with Crippen molar-refractivity contribution in [1.82, 2.24) is 0 Å². The standard InChI is InChI=1S/C10H11F4N.ClH/c1-2-8(15)6-4-3-5-7(9(6)11)10(12,13)14;/h3-5,8H,2,15H2,1H3;1H/t8-;/m0./s1. The molecule has 0 amide bonds. The molecule has 0 aliphatic carbocycles. The maximum Gasteiger partial charge on any atom is 0.419 e. The van der Waals surface area contributed by atoms with Gasteiger partial charge in [0.2, 0.25) is 0 Å². The van der Waals surface area contributed by atoms with E-state index in [9.17, 15) is 17.6 Å². The van der Waals surface area contributed by atoms with Crippen LogP contribution in [0.3, 0.4) is 0 Å². The van der Waals surface area contributed by atoms with Gasteiger partial charge in [-0.05, 0) is 12.5 Å². The lowest BCUT2D eigenvalue weighted by atomic mass is 10.0. The summed E-state index contributed by atoms with van der Waals surface area (Å²) < 4.78 is 50.4. The van der Waals surface area contributed by atoms with E-state index in [2.05, 4.69) is 0 Å². The molecule has 0 saturated heterocycles. The van der Waals surface area contributed by atoms with E-state index in [4.69, 9.17) is 5.73 Å². The van der Waals surface area contributed by atoms with Crippen molar-refractivity contribution in [2.24, 2.45) is 5.73 Å². The molecule has 0 fully saturated rings. The summed E-state index contributed by atoms with van der Waals surface area (Å²) in [5.41, 5.74) is 4.15. The van der Waals surface area contributed by atoms with E-state index in [1.165, 1.54) is 6.07 Å². The van der Waals surface area contributed by atoms with Crippen LogP contribution in [-0.2, 0) is 6.18 Å². The maximum absolute atomic E-state index is 13.4. The van der Waals surface area contributed by atoms with Crippen LogP contribution in [0.15, 0.2) is 18.2 Å². The molecule has 1 aromatic rings. The molecule has 92 valence electrons. The van der Waals surface area contributed by atoms with Gasteiger partial charge in [-0.25, -0.2) is 4.39 Å². The summed E-state index contributed by atoms with van der Waals surface area (Å²) in [6.07, 6.45) is -4.29. The normalized spacial score (nSPS) is 13.1. The number of alkyl halides is 3. The Balaban J connectivity index is 0.00000225. The van der Waals surface area contributed by atoms with Crippen LogP contribution in [0.25, 0.3) is 0 Å². The van der Waals surface area contributed by atoms with Crippen molar-refractivity contribution >= 4 is 12.4 Å². The van der Waals surface area contributed by atoms with Gasteiger partial charge in [-0.2, -0.15) is 13.2 Å². The Kier molecular flexibility index (Phi) is 5.22. The minimum Gasteiger partial charge on any atom is -0.324 e. The van der Waals surface area contributed by atoms with Crippen molar-refractivity contribution in [3.63, 3.8) is 0 Å². The van der Waals surface area contributed by atoms with E-state index in [-0.39, 0.29) is 18.0 Å². The molecule has 0 radical (unpaired) electrons. The van der Waals surface area contributed by atoms with Crippen LogP contribution in [0.4, 0.5) is 17.6 Å². The second-order valence-electron chi connectivity index (χ2n) is 3.22. The highest BCUT2D eigenvalue weighted by atomic mass is 35.5. The number of hydrogen-bond acceptors (Lipinski definition) is 1. The van der Waals surface area contributed by atoms with Gasteiger partial charge >= 0.3 is 6.18 Å². The fourth-order valence-electron chi connectivity index (χ4n) is 1.28. The number of benzene rings is 1. The van der Waals surface area contributed by atoms with Crippen molar-refractivity contribution in [1.29, 1.82) is 0 Å². The lowest BCUT2D eigenvalue weighted by molar-refractivity contribution is -0.140. The van der Waals surface area contributed by atoms with Crippen LogP contribution in [0, 0.1) is 5.82 Å². The average molecular weight is 258 g/mol. The molecule has 0 aliphatic rings. The summed E-state index contributed by atoms with van der Waals surface area (Å²) in [5, 5.41) is 0. The molecule has 1 aromatic carbocycles. The summed E-state index contributed by atoms with van der Waals surface area (Å²) in [6.45, 7) is 1.68. The van der Waals surface area contributed by atoms with Crippen LogP contribution in [0.2, 0.25) is 0 Å². The Morgan fingerprint density at radius 2 is 1.88 bits per heavy atom. The fourth-order valence-corrected chi connectivity index (χ4v) is 1.28. The van der Waals surface area contributed by atoms with Crippen LogP contribution in [0.5, 0.6) is 0 Å². The number of halogens is 5. The van der Waals surface area contributed by atoms with Gasteiger partial charge in [0.1, 0.15) is 5.82 Å². The molecular formula is C10H12ClF4N. The van der Waals surface area contributed by atoms with Gasteiger partial charge in [0, 0.05) is 11.6 Å². The fraction of sp³-hybridized carbons (Fsp3) is 0.400. The molecular weight excluding hydrogens is 246 g/mol. The summed E-state index contributed by atoms with van der Waals surface area (Å²) in [5.74, 6) is -1.26. The quantitative estimate of drug-likeness (QED) is 0.804. The highest BCUT2D eigenvalue weighted by molar-refractivity contribution is 5.85. The maximum atomic E-state index is 13.4. The lowest BCUT2D eigenvalue weighted by Crippen LogP contribution is -2.15. The SMILES string of the molecule is CC[C@H](N)c1cccc(C(F)(F)F)c1F.Cl. The molecule has 16 heavy (non-hydrogen) atoms. The minimum absolute atomic E-state index is 0. The zero-order chi connectivity index (χ0) is 11.6. The molecule has 0 heterocycles. The Bertz CT molecular complexity index is 351. The van der Waals surface area contributed by atoms with Crippen LogP contribution < -0.4 is 5.73 Å². The topological polar surface area (TPSA) is 26.0 Å². The van der Waals surface area contributed by atoms with Crippen molar-refractivity contribution < 1.29 is 17.6 Å². The summed E-state index contributed by atoms with van der Waals surface area (Å²) in [6, 6.07) is 2.45.